The van der Waals surface area contributed by atoms with Crippen LogP contribution in [-0.2, 0) is 0 Å². The van der Waals surface area contributed by atoms with Crippen LogP contribution in [0, 0.1) is 5.92 Å². The molecule has 7 nitrogen and oxygen atoms in total. The highest BCUT2D eigenvalue weighted by molar-refractivity contribution is 5.95. The number of rotatable bonds is 5. The molecule has 1 fully saturated rings. The highest BCUT2D eigenvalue weighted by atomic mass is 16.5. The van der Waals surface area contributed by atoms with Crippen molar-refractivity contribution < 1.29 is 9.53 Å². The highest BCUT2D eigenvalue weighted by Crippen LogP contribution is 2.30. The van der Waals surface area contributed by atoms with Crippen molar-refractivity contribution >= 4 is 5.91 Å². The number of aromatic nitrogens is 4. The van der Waals surface area contributed by atoms with Crippen molar-refractivity contribution in [2.75, 3.05) is 13.7 Å². The predicted octanol–water partition coefficient (Wildman–Crippen LogP) is 2.71. The number of methoxy groups -OCH3 is 1. The van der Waals surface area contributed by atoms with Crippen molar-refractivity contribution in [3.05, 3.63) is 30.1 Å². The minimum atomic E-state index is 0.0539. The Morgan fingerprint density at radius 1 is 1.36 bits per heavy atom. The zero-order valence-corrected chi connectivity index (χ0v) is 15.1. The molecule has 2 unspecified atom stereocenters. The molecule has 1 aliphatic rings. The minimum absolute atomic E-state index is 0.0539. The Kier molecular flexibility index (Phi) is 5.31. The van der Waals surface area contributed by atoms with Gasteiger partial charge in [-0.05, 0) is 54.3 Å². The van der Waals surface area contributed by atoms with Crippen LogP contribution in [0.2, 0.25) is 0 Å². The van der Waals surface area contributed by atoms with E-state index in [1.54, 1.807) is 19.2 Å². The van der Waals surface area contributed by atoms with E-state index in [1.165, 1.54) is 30.3 Å². The van der Waals surface area contributed by atoms with Gasteiger partial charge in [0.25, 0.3) is 5.91 Å². The molecule has 1 aromatic carbocycles. The molecule has 1 heterocycles. The number of hydrogen-bond acceptors (Lipinski definition) is 5. The SMILES string of the molecule is CCN(C(=O)c1ccc(OC)c(-n2cnnn2)c1)C1CCCCC1C. The van der Waals surface area contributed by atoms with Gasteiger partial charge in [-0.3, -0.25) is 4.79 Å². The van der Waals surface area contributed by atoms with E-state index in [9.17, 15) is 4.79 Å². The van der Waals surface area contributed by atoms with Gasteiger partial charge >= 0.3 is 0 Å². The fraction of sp³-hybridized carbons (Fsp3) is 0.556. The Labute approximate surface area is 148 Å². The van der Waals surface area contributed by atoms with Crippen molar-refractivity contribution in [3.8, 4) is 11.4 Å². The zero-order chi connectivity index (χ0) is 17.8. The van der Waals surface area contributed by atoms with Crippen molar-refractivity contribution in [1.29, 1.82) is 0 Å². The summed E-state index contributed by atoms with van der Waals surface area (Å²) in [6.07, 6.45) is 6.21. The van der Waals surface area contributed by atoms with E-state index >= 15 is 0 Å². The second-order valence-corrected chi connectivity index (χ2v) is 6.56. The van der Waals surface area contributed by atoms with Crippen LogP contribution in [0.5, 0.6) is 5.75 Å². The van der Waals surface area contributed by atoms with Gasteiger partial charge in [0, 0.05) is 18.2 Å². The molecular formula is C18H25N5O2. The molecule has 0 aliphatic heterocycles. The van der Waals surface area contributed by atoms with Crippen molar-refractivity contribution in [3.63, 3.8) is 0 Å². The molecule has 1 aliphatic carbocycles. The average molecular weight is 343 g/mol. The van der Waals surface area contributed by atoms with Crippen LogP contribution in [0.3, 0.4) is 0 Å². The Bertz CT molecular complexity index is 716. The normalized spacial score (nSPS) is 20.3. The van der Waals surface area contributed by atoms with E-state index in [-0.39, 0.29) is 5.91 Å². The lowest BCUT2D eigenvalue weighted by molar-refractivity contribution is 0.0570. The summed E-state index contributed by atoms with van der Waals surface area (Å²) < 4.78 is 6.89. The first-order valence-electron chi connectivity index (χ1n) is 8.88. The van der Waals surface area contributed by atoms with Gasteiger partial charge in [-0.2, -0.15) is 4.68 Å². The maximum atomic E-state index is 13.2. The van der Waals surface area contributed by atoms with E-state index in [1.807, 2.05) is 17.9 Å². The molecule has 134 valence electrons. The molecule has 25 heavy (non-hydrogen) atoms. The molecule has 0 saturated heterocycles. The third kappa shape index (κ3) is 3.50. The molecule has 0 radical (unpaired) electrons. The lowest BCUT2D eigenvalue weighted by Crippen LogP contribution is -2.45. The van der Waals surface area contributed by atoms with Gasteiger partial charge in [0.2, 0.25) is 0 Å². The van der Waals surface area contributed by atoms with E-state index in [0.717, 1.165) is 6.42 Å². The number of carbonyl (C=O) groups excluding carboxylic acids is 1. The summed E-state index contributed by atoms with van der Waals surface area (Å²) in [6, 6.07) is 5.71. The van der Waals surface area contributed by atoms with Crippen LogP contribution in [0.4, 0.5) is 0 Å². The number of amides is 1. The number of carbonyl (C=O) groups is 1. The standard InChI is InChI=1S/C18H25N5O2/c1-4-22(15-8-6-5-7-13(15)2)18(24)14-9-10-17(25-3)16(11-14)23-12-19-20-21-23/h9-13,15H,4-8H2,1-3H3. The predicted molar refractivity (Wildman–Crippen MR) is 93.8 cm³/mol. The monoisotopic (exact) mass is 343 g/mol. The van der Waals surface area contributed by atoms with E-state index < -0.39 is 0 Å². The van der Waals surface area contributed by atoms with Crippen molar-refractivity contribution in [2.24, 2.45) is 5.92 Å². The van der Waals surface area contributed by atoms with Gasteiger partial charge in [0.1, 0.15) is 17.8 Å². The summed E-state index contributed by atoms with van der Waals surface area (Å²) in [4.78, 5) is 15.2. The van der Waals surface area contributed by atoms with Gasteiger partial charge in [0.05, 0.1) is 7.11 Å². The molecule has 0 bridgehead atoms. The lowest BCUT2D eigenvalue weighted by atomic mass is 9.84. The van der Waals surface area contributed by atoms with E-state index in [0.29, 0.717) is 35.5 Å². The summed E-state index contributed by atoms with van der Waals surface area (Å²) in [5.41, 5.74) is 1.29. The largest absolute Gasteiger partial charge is 0.494 e. The highest BCUT2D eigenvalue weighted by Gasteiger charge is 2.30. The third-order valence-corrected chi connectivity index (χ3v) is 5.09. The number of ether oxygens (including phenoxy) is 1. The zero-order valence-electron chi connectivity index (χ0n) is 15.1. The second kappa shape index (κ2) is 7.63. The summed E-state index contributed by atoms with van der Waals surface area (Å²) in [5, 5.41) is 11.2. The fourth-order valence-electron chi connectivity index (χ4n) is 3.73. The summed E-state index contributed by atoms with van der Waals surface area (Å²) in [6.45, 7) is 5.01. The first kappa shape index (κ1) is 17.4. The van der Waals surface area contributed by atoms with Crippen LogP contribution in [-0.4, -0.2) is 50.7 Å². The van der Waals surface area contributed by atoms with Crippen molar-refractivity contribution in [1.82, 2.24) is 25.1 Å². The number of hydrogen-bond donors (Lipinski definition) is 0. The first-order valence-corrected chi connectivity index (χ1v) is 8.88. The molecular weight excluding hydrogens is 318 g/mol. The Morgan fingerprint density at radius 2 is 2.16 bits per heavy atom. The van der Waals surface area contributed by atoms with Crippen LogP contribution in [0.15, 0.2) is 24.5 Å². The summed E-state index contributed by atoms with van der Waals surface area (Å²) in [7, 11) is 1.59. The molecule has 7 heteroatoms. The molecule has 1 saturated carbocycles. The third-order valence-electron chi connectivity index (χ3n) is 5.09. The average Bonchev–Trinajstić information content (AvgIpc) is 3.17. The lowest BCUT2D eigenvalue weighted by Gasteiger charge is -2.38. The molecule has 2 aromatic rings. The van der Waals surface area contributed by atoms with Gasteiger partial charge < -0.3 is 9.64 Å². The molecule has 3 rings (SSSR count). The molecule has 1 aromatic heterocycles. The Morgan fingerprint density at radius 3 is 2.80 bits per heavy atom. The summed E-state index contributed by atoms with van der Waals surface area (Å²) >= 11 is 0. The van der Waals surface area contributed by atoms with Crippen LogP contribution in [0.25, 0.3) is 5.69 Å². The molecule has 1 amide bonds. The van der Waals surface area contributed by atoms with Crippen LogP contribution < -0.4 is 4.74 Å². The first-order chi connectivity index (χ1) is 12.2. The maximum Gasteiger partial charge on any atom is 0.254 e. The van der Waals surface area contributed by atoms with Gasteiger partial charge in [0.15, 0.2) is 0 Å². The number of benzene rings is 1. The number of tetrazole rings is 1. The van der Waals surface area contributed by atoms with Gasteiger partial charge in [-0.15, -0.1) is 5.10 Å². The van der Waals surface area contributed by atoms with E-state index in [4.69, 9.17) is 4.74 Å². The van der Waals surface area contributed by atoms with Crippen LogP contribution in [0.1, 0.15) is 49.9 Å². The molecule has 2 atom stereocenters. The van der Waals surface area contributed by atoms with Gasteiger partial charge in [-0.1, -0.05) is 19.8 Å². The maximum absolute atomic E-state index is 13.2. The van der Waals surface area contributed by atoms with Crippen LogP contribution >= 0.6 is 0 Å². The van der Waals surface area contributed by atoms with E-state index in [2.05, 4.69) is 22.4 Å². The molecule has 0 N–H and O–H groups in total. The Balaban J connectivity index is 1.92. The second-order valence-electron chi connectivity index (χ2n) is 6.56. The fourth-order valence-corrected chi connectivity index (χ4v) is 3.73. The minimum Gasteiger partial charge on any atom is -0.494 e. The summed E-state index contributed by atoms with van der Waals surface area (Å²) in [5.74, 6) is 1.21. The smallest absolute Gasteiger partial charge is 0.254 e. The number of nitrogens with zero attached hydrogens (tertiary/aromatic N) is 5. The van der Waals surface area contributed by atoms with Crippen molar-refractivity contribution in [2.45, 2.75) is 45.6 Å². The quantitative estimate of drug-likeness (QED) is 0.834. The van der Waals surface area contributed by atoms with Gasteiger partial charge in [-0.25, -0.2) is 0 Å². The molecule has 0 spiro atoms. The Hall–Kier alpha value is -2.44. The topological polar surface area (TPSA) is 73.1 Å².